The average molecular weight is 304 g/mol. The molecule has 1 heterocycles. The van der Waals surface area contributed by atoms with Gasteiger partial charge in [0.2, 0.25) is 5.91 Å². The van der Waals surface area contributed by atoms with Gasteiger partial charge in [0.05, 0.1) is 5.41 Å². The monoisotopic (exact) mass is 304 g/mol. The van der Waals surface area contributed by atoms with Crippen molar-refractivity contribution < 1.29 is 9.53 Å². The molecule has 0 atom stereocenters. The highest BCUT2D eigenvalue weighted by Gasteiger charge is 2.33. The van der Waals surface area contributed by atoms with Gasteiger partial charge in [0.25, 0.3) is 0 Å². The molecule has 0 spiro atoms. The predicted octanol–water partition coefficient (Wildman–Crippen LogP) is 2.45. The van der Waals surface area contributed by atoms with Crippen molar-refractivity contribution in [2.24, 2.45) is 5.41 Å². The van der Waals surface area contributed by atoms with Crippen LogP contribution in [0.1, 0.15) is 30.5 Å². The quantitative estimate of drug-likeness (QED) is 0.929. The van der Waals surface area contributed by atoms with Crippen LogP contribution in [0.3, 0.4) is 0 Å². The van der Waals surface area contributed by atoms with E-state index < -0.39 is 5.41 Å². The van der Waals surface area contributed by atoms with E-state index in [2.05, 4.69) is 31.3 Å². The molecule has 1 amide bonds. The minimum atomic E-state index is -0.514. The summed E-state index contributed by atoms with van der Waals surface area (Å²) >= 11 is 0. The number of nitrogens with one attached hydrogen (secondary N) is 1. The molecule has 22 heavy (non-hydrogen) atoms. The Kier molecular flexibility index (Phi) is 5.12. The largest absolute Gasteiger partial charge is 0.492 e. The van der Waals surface area contributed by atoms with E-state index in [1.807, 2.05) is 25.7 Å². The zero-order valence-electron chi connectivity index (χ0n) is 14.5. The third-order valence-electron chi connectivity index (χ3n) is 4.43. The van der Waals surface area contributed by atoms with Crippen LogP contribution in [0.2, 0.25) is 0 Å². The van der Waals surface area contributed by atoms with Crippen molar-refractivity contribution in [1.82, 2.24) is 10.2 Å². The molecule has 1 aromatic rings. The highest BCUT2D eigenvalue weighted by atomic mass is 16.5. The van der Waals surface area contributed by atoms with E-state index >= 15 is 0 Å². The van der Waals surface area contributed by atoms with Crippen LogP contribution in [0, 0.1) is 26.2 Å². The number of carbonyl (C=O) groups excluding carboxylic acids is 1. The molecule has 2 rings (SSSR count). The average Bonchev–Trinajstić information content (AvgIpc) is 2.51. The molecule has 1 aliphatic rings. The number of piperazine rings is 1. The van der Waals surface area contributed by atoms with E-state index in [1.54, 1.807) is 0 Å². The highest BCUT2D eigenvalue weighted by molar-refractivity contribution is 5.82. The maximum absolute atomic E-state index is 12.7. The van der Waals surface area contributed by atoms with Crippen molar-refractivity contribution in [3.63, 3.8) is 0 Å². The van der Waals surface area contributed by atoms with Gasteiger partial charge in [-0.1, -0.05) is 12.1 Å². The summed E-state index contributed by atoms with van der Waals surface area (Å²) in [7, 11) is 0. The van der Waals surface area contributed by atoms with E-state index in [-0.39, 0.29) is 5.91 Å². The van der Waals surface area contributed by atoms with Crippen LogP contribution in [-0.4, -0.2) is 43.6 Å². The third kappa shape index (κ3) is 3.61. The van der Waals surface area contributed by atoms with Crippen LogP contribution in [0.4, 0.5) is 0 Å². The van der Waals surface area contributed by atoms with Crippen molar-refractivity contribution in [2.45, 2.75) is 34.6 Å². The van der Waals surface area contributed by atoms with Gasteiger partial charge in [0.15, 0.2) is 0 Å². The van der Waals surface area contributed by atoms with Gasteiger partial charge in [-0.15, -0.1) is 0 Å². The number of benzene rings is 1. The summed E-state index contributed by atoms with van der Waals surface area (Å²) in [6, 6.07) is 4.18. The molecule has 4 heteroatoms. The molecule has 1 fully saturated rings. The first-order valence-electron chi connectivity index (χ1n) is 8.02. The van der Waals surface area contributed by atoms with Crippen molar-refractivity contribution in [3.05, 3.63) is 28.8 Å². The molecule has 0 aliphatic carbocycles. The fourth-order valence-corrected chi connectivity index (χ4v) is 2.76. The molecule has 0 radical (unpaired) electrons. The van der Waals surface area contributed by atoms with Crippen LogP contribution in [0.5, 0.6) is 5.75 Å². The Labute approximate surface area is 133 Å². The molecular formula is C18H28N2O2. The molecule has 4 nitrogen and oxygen atoms in total. The lowest BCUT2D eigenvalue weighted by Crippen LogP contribution is -2.51. The van der Waals surface area contributed by atoms with E-state index in [1.165, 1.54) is 5.56 Å². The van der Waals surface area contributed by atoms with E-state index in [0.717, 1.165) is 43.1 Å². The summed E-state index contributed by atoms with van der Waals surface area (Å²) in [6.45, 7) is 13.9. The maximum atomic E-state index is 12.7. The summed E-state index contributed by atoms with van der Waals surface area (Å²) in [5.41, 5.74) is 2.98. The second-order valence-corrected chi connectivity index (χ2v) is 6.87. The Morgan fingerprint density at radius 3 is 2.41 bits per heavy atom. The Morgan fingerprint density at radius 2 is 1.77 bits per heavy atom. The van der Waals surface area contributed by atoms with Gasteiger partial charge in [-0.2, -0.15) is 0 Å². The molecule has 1 saturated heterocycles. The van der Waals surface area contributed by atoms with Crippen LogP contribution >= 0.6 is 0 Å². The van der Waals surface area contributed by atoms with Crippen molar-refractivity contribution in [2.75, 3.05) is 32.8 Å². The summed E-state index contributed by atoms with van der Waals surface area (Å²) in [5.74, 6) is 1.10. The smallest absolute Gasteiger partial charge is 0.231 e. The lowest BCUT2D eigenvalue weighted by molar-refractivity contribution is -0.142. The fourth-order valence-electron chi connectivity index (χ4n) is 2.76. The van der Waals surface area contributed by atoms with Gasteiger partial charge in [-0.3, -0.25) is 4.79 Å². The molecule has 1 N–H and O–H groups in total. The van der Waals surface area contributed by atoms with Crippen LogP contribution < -0.4 is 10.1 Å². The zero-order chi connectivity index (χ0) is 16.3. The van der Waals surface area contributed by atoms with Crippen molar-refractivity contribution in [3.8, 4) is 5.75 Å². The number of nitrogens with zero attached hydrogens (tertiary/aromatic N) is 1. The molecule has 0 bridgehead atoms. The first kappa shape index (κ1) is 16.8. The Morgan fingerprint density at radius 1 is 1.18 bits per heavy atom. The van der Waals surface area contributed by atoms with Gasteiger partial charge in [-0.05, 0) is 51.3 Å². The van der Waals surface area contributed by atoms with E-state index in [0.29, 0.717) is 6.61 Å². The molecule has 0 unspecified atom stereocenters. The first-order chi connectivity index (χ1) is 10.3. The first-order valence-corrected chi connectivity index (χ1v) is 8.02. The number of carbonyl (C=O) groups is 1. The fraction of sp³-hybridized carbons (Fsp3) is 0.611. The topological polar surface area (TPSA) is 41.6 Å². The van der Waals surface area contributed by atoms with Gasteiger partial charge in [0.1, 0.15) is 12.4 Å². The number of hydrogen-bond acceptors (Lipinski definition) is 3. The standard InChI is InChI=1S/C18H28N2O2/c1-13-6-7-14(2)16(15(13)3)22-12-18(4,5)17(21)20-10-8-19-9-11-20/h6-7,19H,8-12H2,1-5H3. The number of amides is 1. The van der Waals surface area contributed by atoms with Gasteiger partial charge in [0, 0.05) is 26.2 Å². The minimum Gasteiger partial charge on any atom is -0.492 e. The molecule has 122 valence electrons. The Hall–Kier alpha value is -1.55. The van der Waals surface area contributed by atoms with Crippen molar-refractivity contribution >= 4 is 5.91 Å². The normalized spacial score (nSPS) is 15.8. The van der Waals surface area contributed by atoms with E-state index in [4.69, 9.17) is 4.74 Å². The third-order valence-corrected chi connectivity index (χ3v) is 4.43. The number of rotatable bonds is 4. The Balaban J connectivity index is 2.06. The molecule has 1 aromatic carbocycles. The minimum absolute atomic E-state index is 0.178. The second kappa shape index (κ2) is 6.69. The SMILES string of the molecule is Cc1ccc(C)c(OCC(C)(C)C(=O)N2CCNCC2)c1C. The Bertz CT molecular complexity index is 546. The lowest BCUT2D eigenvalue weighted by atomic mass is 9.92. The number of aryl methyl sites for hydroxylation is 2. The molecule has 1 aliphatic heterocycles. The van der Waals surface area contributed by atoms with Crippen molar-refractivity contribution in [1.29, 1.82) is 0 Å². The second-order valence-electron chi connectivity index (χ2n) is 6.87. The summed E-state index contributed by atoms with van der Waals surface area (Å²) in [4.78, 5) is 14.6. The van der Waals surface area contributed by atoms with Gasteiger partial charge in [-0.25, -0.2) is 0 Å². The maximum Gasteiger partial charge on any atom is 0.231 e. The van der Waals surface area contributed by atoms with Crippen LogP contribution in [0.25, 0.3) is 0 Å². The molecule has 0 aromatic heterocycles. The van der Waals surface area contributed by atoms with Crippen LogP contribution in [-0.2, 0) is 4.79 Å². The highest BCUT2D eigenvalue weighted by Crippen LogP contribution is 2.28. The summed E-state index contributed by atoms with van der Waals surface area (Å²) in [5, 5.41) is 3.27. The summed E-state index contributed by atoms with van der Waals surface area (Å²) in [6.07, 6.45) is 0. The van der Waals surface area contributed by atoms with Gasteiger partial charge >= 0.3 is 0 Å². The zero-order valence-corrected chi connectivity index (χ0v) is 14.5. The number of hydrogen-bond donors (Lipinski definition) is 1. The lowest BCUT2D eigenvalue weighted by Gasteiger charge is -2.34. The predicted molar refractivity (Wildman–Crippen MR) is 89.4 cm³/mol. The van der Waals surface area contributed by atoms with Crippen LogP contribution in [0.15, 0.2) is 12.1 Å². The van der Waals surface area contributed by atoms with E-state index in [9.17, 15) is 4.79 Å². The summed E-state index contributed by atoms with van der Waals surface area (Å²) < 4.78 is 6.06. The number of ether oxygens (including phenoxy) is 1. The molecule has 0 saturated carbocycles. The van der Waals surface area contributed by atoms with Gasteiger partial charge < -0.3 is 15.0 Å². The molecular weight excluding hydrogens is 276 g/mol.